The lowest BCUT2D eigenvalue weighted by Gasteiger charge is -2.04. The third-order valence-electron chi connectivity index (χ3n) is 4.41. The molecule has 0 aromatic rings. The van der Waals surface area contributed by atoms with E-state index in [1.807, 2.05) is 0 Å². The summed E-state index contributed by atoms with van der Waals surface area (Å²) in [6.07, 6.45) is 7.24. The van der Waals surface area contributed by atoms with E-state index in [2.05, 4.69) is 13.8 Å². The van der Waals surface area contributed by atoms with Crippen LogP contribution in [0.3, 0.4) is 0 Å². The van der Waals surface area contributed by atoms with Gasteiger partial charge in [0.2, 0.25) is 0 Å². The van der Waals surface area contributed by atoms with Crippen molar-refractivity contribution in [3.05, 3.63) is 0 Å². The largest absolute Gasteiger partial charge is 0.463 e. The Balaban J connectivity index is 1.43. The maximum absolute atomic E-state index is 11.6. The van der Waals surface area contributed by atoms with Gasteiger partial charge >= 0.3 is 11.9 Å². The fraction of sp³-hybridized carbons (Fsp3) is 0.889. The minimum atomic E-state index is -0.375. The molecule has 0 aromatic carbocycles. The van der Waals surface area contributed by atoms with Crippen LogP contribution in [0.25, 0.3) is 0 Å². The van der Waals surface area contributed by atoms with E-state index in [1.54, 1.807) is 0 Å². The predicted molar refractivity (Wildman–Crippen MR) is 87.5 cm³/mol. The van der Waals surface area contributed by atoms with Crippen LogP contribution in [-0.2, 0) is 28.5 Å². The number of hydrogen-bond donors (Lipinski definition) is 0. The summed E-state index contributed by atoms with van der Waals surface area (Å²) in [7, 11) is 0. The fourth-order valence-corrected chi connectivity index (χ4v) is 2.67. The van der Waals surface area contributed by atoms with Gasteiger partial charge in [0.15, 0.2) is 0 Å². The van der Waals surface area contributed by atoms with E-state index in [1.165, 1.54) is 0 Å². The van der Waals surface area contributed by atoms with Crippen molar-refractivity contribution < 1.29 is 28.5 Å². The standard InChI is InChI=1S/C18H30O6/c1-3-5-7-13-15(23-13)11-21-17(19)9-10-18(20)22-12-16-14(24-16)8-6-4-2/h13-16H,3-12H2,1-2H3. The zero-order valence-corrected chi connectivity index (χ0v) is 14.8. The van der Waals surface area contributed by atoms with E-state index in [0.717, 1.165) is 38.5 Å². The summed E-state index contributed by atoms with van der Waals surface area (Å²) in [5, 5.41) is 0. The number of carbonyl (C=O) groups excluding carboxylic acids is 2. The summed E-state index contributed by atoms with van der Waals surface area (Å²) in [4.78, 5) is 23.2. The first kappa shape index (κ1) is 19.2. The van der Waals surface area contributed by atoms with E-state index in [4.69, 9.17) is 18.9 Å². The molecule has 2 fully saturated rings. The van der Waals surface area contributed by atoms with E-state index in [-0.39, 0.29) is 62.4 Å². The zero-order valence-electron chi connectivity index (χ0n) is 14.8. The first-order valence-corrected chi connectivity index (χ1v) is 9.26. The van der Waals surface area contributed by atoms with E-state index in [9.17, 15) is 9.59 Å². The van der Waals surface area contributed by atoms with Crippen LogP contribution in [0.5, 0.6) is 0 Å². The Morgan fingerprint density at radius 1 is 0.750 bits per heavy atom. The first-order chi connectivity index (χ1) is 11.6. The highest BCUT2D eigenvalue weighted by Crippen LogP contribution is 2.28. The molecule has 0 bridgehead atoms. The van der Waals surface area contributed by atoms with E-state index in [0.29, 0.717) is 0 Å². The first-order valence-electron chi connectivity index (χ1n) is 9.26. The van der Waals surface area contributed by atoms with Gasteiger partial charge in [-0.1, -0.05) is 39.5 Å². The second kappa shape index (κ2) is 9.99. The van der Waals surface area contributed by atoms with Gasteiger partial charge in [-0.2, -0.15) is 0 Å². The van der Waals surface area contributed by atoms with Crippen LogP contribution in [-0.4, -0.2) is 49.6 Å². The summed E-state index contributed by atoms with van der Waals surface area (Å²) in [5.41, 5.74) is 0. The van der Waals surface area contributed by atoms with Crippen molar-refractivity contribution in [2.24, 2.45) is 0 Å². The SMILES string of the molecule is CCCCC1OC1COC(=O)CCC(=O)OCC1OC1CCCC. The second-order valence-corrected chi connectivity index (χ2v) is 6.58. The van der Waals surface area contributed by atoms with Gasteiger partial charge in [0.05, 0.1) is 25.0 Å². The molecule has 24 heavy (non-hydrogen) atoms. The average Bonchev–Trinajstić information content (AvgIpc) is 3.48. The van der Waals surface area contributed by atoms with Gasteiger partial charge in [-0.3, -0.25) is 9.59 Å². The number of ether oxygens (including phenoxy) is 4. The van der Waals surface area contributed by atoms with E-state index >= 15 is 0 Å². The Bertz CT molecular complexity index is 372. The Morgan fingerprint density at radius 3 is 1.54 bits per heavy atom. The van der Waals surface area contributed by atoms with Gasteiger partial charge in [-0.05, 0) is 12.8 Å². The highest BCUT2D eigenvalue weighted by atomic mass is 16.6. The van der Waals surface area contributed by atoms with Gasteiger partial charge in [0, 0.05) is 0 Å². The number of epoxide rings is 2. The van der Waals surface area contributed by atoms with Crippen molar-refractivity contribution in [1.29, 1.82) is 0 Å². The summed E-state index contributed by atoms with van der Waals surface area (Å²) in [6, 6.07) is 0. The molecule has 2 rings (SSSR count). The molecule has 0 aliphatic carbocycles. The molecule has 6 nitrogen and oxygen atoms in total. The number of rotatable bonds is 13. The molecule has 0 radical (unpaired) electrons. The summed E-state index contributed by atoms with van der Waals surface area (Å²) < 4.78 is 21.1. The highest BCUT2D eigenvalue weighted by Gasteiger charge is 2.39. The predicted octanol–water partition coefficient (Wildman–Crippen LogP) is 2.77. The fourth-order valence-electron chi connectivity index (χ4n) is 2.67. The van der Waals surface area contributed by atoms with Crippen LogP contribution < -0.4 is 0 Å². The van der Waals surface area contributed by atoms with Crippen LogP contribution >= 0.6 is 0 Å². The molecule has 4 atom stereocenters. The lowest BCUT2D eigenvalue weighted by Crippen LogP contribution is -2.15. The third-order valence-corrected chi connectivity index (χ3v) is 4.41. The molecule has 0 aromatic heterocycles. The highest BCUT2D eigenvalue weighted by molar-refractivity contribution is 5.77. The quantitative estimate of drug-likeness (QED) is 0.378. The van der Waals surface area contributed by atoms with Gasteiger partial charge in [-0.15, -0.1) is 0 Å². The Morgan fingerprint density at radius 2 is 1.17 bits per heavy atom. The molecule has 2 heterocycles. The van der Waals surface area contributed by atoms with Crippen LogP contribution in [0.15, 0.2) is 0 Å². The van der Waals surface area contributed by atoms with Crippen LogP contribution in [0.4, 0.5) is 0 Å². The number of carbonyl (C=O) groups is 2. The Labute approximate surface area is 144 Å². The summed E-state index contributed by atoms with van der Waals surface area (Å²) >= 11 is 0. The Kier molecular flexibility index (Phi) is 7.99. The molecule has 2 saturated heterocycles. The maximum atomic E-state index is 11.6. The van der Waals surface area contributed by atoms with Crippen molar-refractivity contribution in [3.63, 3.8) is 0 Å². The number of unbranched alkanes of at least 4 members (excludes halogenated alkanes) is 2. The lowest BCUT2D eigenvalue weighted by atomic mass is 10.2. The molecule has 2 aliphatic rings. The number of esters is 2. The van der Waals surface area contributed by atoms with Crippen molar-refractivity contribution >= 4 is 11.9 Å². The minimum absolute atomic E-state index is 0.0412. The van der Waals surface area contributed by atoms with Gasteiger partial charge in [0.1, 0.15) is 25.4 Å². The van der Waals surface area contributed by atoms with Crippen molar-refractivity contribution in [3.8, 4) is 0 Å². The molecule has 0 spiro atoms. The van der Waals surface area contributed by atoms with Gasteiger partial charge in [0.25, 0.3) is 0 Å². The summed E-state index contributed by atoms with van der Waals surface area (Å²) in [5.74, 6) is -0.750. The topological polar surface area (TPSA) is 77.7 Å². The molecule has 0 saturated carbocycles. The molecule has 2 aliphatic heterocycles. The van der Waals surface area contributed by atoms with E-state index < -0.39 is 0 Å². The van der Waals surface area contributed by atoms with Gasteiger partial charge in [-0.25, -0.2) is 0 Å². The zero-order chi connectivity index (χ0) is 17.4. The van der Waals surface area contributed by atoms with Crippen molar-refractivity contribution in [2.45, 2.75) is 89.6 Å². The molecule has 0 N–H and O–H groups in total. The van der Waals surface area contributed by atoms with Gasteiger partial charge < -0.3 is 18.9 Å². The molecular weight excluding hydrogens is 312 g/mol. The van der Waals surface area contributed by atoms with Crippen molar-refractivity contribution in [2.75, 3.05) is 13.2 Å². The maximum Gasteiger partial charge on any atom is 0.306 e. The average molecular weight is 342 g/mol. The van der Waals surface area contributed by atoms with Crippen LogP contribution in [0, 0.1) is 0 Å². The lowest BCUT2D eigenvalue weighted by molar-refractivity contribution is -0.150. The third kappa shape index (κ3) is 7.18. The van der Waals surface area contributed by atoms with Crippen molar-refractivity contribution in [1.82, 2.24) is 0 Å². The molecule has 4 unspecified atom stereocenters. The van der Waals surface area contributed by atoms with Crippen LogP contribution in [0.1, 0.15) is 65.2 Å². The monoisotopic (exact) mass is 342 g/mol. The second-order valence-electron chi connectivity index (χ2n) is 6.58. The molecule has 138 valence electrons. The smallest absolute Gasteiger partial charge is 0.306 e. The molecule has 6 heteroatoms. The Hall–Kier alpha value is -1.14. The minimum Gasteiger partial charge on any atom is -0.463 e. The number of hydrogen-bond acceptors (Lipinski definition) is 6. The molecular formula is C18H30O6. The summed E-state index contributed by atoms with van der Waals surface area (Å²) in [6.45, 7) is 4.85. The normalized spacial score (nSPS) is 27.6. The molecule has 0 amide bonds. The van der Waals surface area contributed by atoms with Crippen LogP contribution in [0.2, 0.25) is 0 Å².